The van der Waals surface area contributed by atoms with Crippen molar-refractivity contribution in [1.82, 2.24) is 9.97 Å². The van der Waals surface area contributed by atoms with Gasteiger partial charge < -0.3 is 8.83 Å². The van der Waals surface area contributed by atoms with Crippen molar-refractivity contribution in [3.63, 3.8) is 0 Å². The summed E-state index contributed by atoms with van der Waals surface area (Å²) in [6, 6.07) is 8.47. The van der Waals surface area contributed by atoms with Gasteiger partial charge in [-0.15, -0.1) is 11.3 Å². The number of benzene rings is 1. The fourth-order valence-corrected chi connectivity index (χ4v) is 3.19. The van der Waals surface area contributed by atoms with Gasteiger partial charge in [-0.1, -0.05) is 0 Å². The normalized spacial score (nSPS) is 11.0. The minimum atomic E-state index is -0.502. The van der Waals surface area contributed by atoms with E-state index in [2.05, 4.69) is 31.2 Å². The number of hydrogen-bond acceptors (Lipinski definition) is 6. The molecule has 3 aromatic heterocycles. The van der Waals surface area contributed by atoms with E-state index in [-0.39, 0.29) is 11.7 Å². The van der Waals surface area contributed by atoms with Crippen LogP contribution in [0.15, 0.2) is 54.0 Å². The third kappa shape index (κ3) is 2.79. The summed E-state index contributed by atoms with van der Waals surface area (Å²) in [5.41, 5.74) is 2.56. The zero-order valence-electron chi connectivity index (χ0n) is 11.8. The molecule has 0 atom stereocenters. The molecule has 0 spiro atoms. The molecular weight excluding hydrogens is 398 g/mol. The number of aromatic amines is 1. The number of thiazole rings is 1. The van der Waals surface area contributed by atoms with E-state index in [1.54, 1.807) is 30.3 Å². The number of anilines is 1. The largest absolute Gasteiger partial charge is 0.444 e. The van der Waals surface area contributed by atoms with Gasteiger partial charge in [0, 0.05) is 10.9 Å². The molecule has 1 amide bonds. The molecule has 0 aliphatic heterocycles. The summed E-state index contributed by atoms with van der Waals surface area (Å²) in [7, 11) is 0. The van der Waals surface area contributed by atoms with Crippen LogP contribution < -0.4 is 11.1 Å². The monoisotopic (exact) mass is 405 g/mol. The van der Waals surface area contributed by atoms with Crippen LogP contribution in [0.3, 0.4) is 0 Å². The molecule has 0 fully saturated rings. The highest BCUT2D eigenvalue weighted by atomic mass is 79.9. The van der Waals surface area contributed by atoms with E-state index in [9.17, 15) is 9.59 Å². The van der Waals surface area contributed by atoms with E-state index in [1.165, 1.54) is 11.3 Å². The van der Waals surface area contributed by atoms with Crippen LogP contribution in [-0.2, 0) is 0 Å². The highest BCUT2D eigenvalue weighted by Gasteiger charge is 2.13. The maximum absolute atomic E-state index is 12.0. The summed E-state index contributed by atoms with van der Waals surface area (Å²) in [6.07, 6.45) is 0. The molecule has 7 nitrogen and oxygen atoms in total. The van der Waals surface area contributed by atoms with Gasteiger partial charge in [-0.05, 0) is 46.3 Å². The Hall–Kier alpha value is -2.65. The first-order chi connectivity index (χ1) is 11.6. The number of oxazole rings is 1. The number of H-pyrrole nitrogens is 1. The number of fused-ring (bicyclic) bond motifs is 1. The Labute approximate surface area is 146 Å². The molecule has 0 saturated heterocycles. The lowest BCUT2D eigenvalue weighted by Crippen LogP contribution is -2.10. The maximum Gasteiger partial charge on any atom is 0.417 e. The number of nitrogens with one attached hydrogen (secondary N) is 2. The number of amides is 1. The fraction of sp³-hybridized carbons (Fsp3) is 0. The average Bonchev–Trinajstić information content (AvgIpc) is 3.25. The minimum Gasteiger partial charge on any atom is -0.444 e. The van der Waals surface area contributed by atoms with Gasteiger partial charge in [0.05, 0.1) is 11.2 Å². The highest BCUT2D eigenvalue weighted by molar-refractivity contribution is 9.10. The standard InChI is InChI=1S/C15H8BrN3O4S/c16-12-4-3-11(22-12)13(20)19-14-17-9(6-24-14)7-1-2-10-8(5-7)18-15(21)23-10/h1-6H,(H,18,21)(H,17,19,20). The van der Waals surface area contributed by atoms with Gasteiger partial charge in [0.25, 0.3) is 5.91 Å². The first-order valence-electron chi connectivity index (χ1n) is 6.74. The lowest BCUT2D eigenvalue weighted by atomic mass is 10.1. The minimum absolute atomic E-state index is 0.191. The number of hydrogen-bond donors (Lipinski definition) is 2. The molecule has 3 heterocycles. The number of carbonyl (C=O) groups excluding carboxylic acids is 1. The van der Waals surface area contributed by atoms with E-state index in [0.29, 0.717) is 26.6 Å². The van der Waals surface area contributed by atoms with Crippen LogP contribution in [0.25, 0.3) is 22.4 Å². The summed E-state index contributed by atoms with van der Waals surface area (Å²) in [5, 5.41) is 4.94. The number of rotatable bonds is 3. The molecule has 1 aromatic carbocycles. The maximum atomic E-state index is 12.0. The predicted molar refractivity (Wildman–Crippen MR) is 92.3 cm³/mol. The van der Waals surface area contributed by atoms with Crippen molar-refractivity contribution in [1.29, 1.82) is 0 Å². The Morgan fingerprint density at radius 1 is 1.25 bits per heavy atom. The SMILES string of the molecule is O=C(Nc1nc(-c2ccc3oc(=O)[nH]c3c2)cs1)c1ccc(Br)o1. The number of furan rings is 1. The number of halogens is 1. The third-order valence-corrected chi connectivity index (χ3v) is 4.42. The van der Waals surface area contributed by atoms with Crippen molar-refractivity contribution in [3.8, 4) is 11.3 Å². The second-order valence-corrected chi connectivity index (χ2v) is 6.46. The molecule has 24 heavy (non-hydrogen) atoms. The lowest BCUT2D eigenvalue weighted by molar-refractivity contribution is 0.0995. The summed E-state index contributed by atoms with van der Waals surface area (Å²) in [4.78, 5) is 30.2. The van der Waals surface area contributed by atoms with Crippen molar-refractivity contribution in [2.75, 3.05) is 5.32 Å². The van der Waals surface area contributed by atoms with Gasteiger partial charge in [0.1, 0.15) is 0 Å². The smallest absolute Gasteiger partial charge is 0.417 e. The molecule has 120 valence electrons. The number of nitrogens with zero attached hydrogens (tertiary/aromatic N) is 1. The zero-order valence-corrected chi connectivity index (χ0v) is 14.2. The molecule has 0 unspecified atom stereocenters. The Morgan fingerprint density at radius 3 is 2.92 bits per heavy atom. The van der Waals surface area contributed by atoms with Crippen molar-refractivity contribution in [3.05, 3.63) is 56.7 Å². The molecule has 9 heteroatoms. The number of carbonyl (C=O) groups is 1. The summed E-state index contributed by atoms with van der Waals surface area (Å²) >= 11 is 4.44. The van der Waals surface area contributed by atoms with Gasteiger partial charge in [0.2, 0.25) is 0 Å². The van der Waals surface area contributed by atoms with Crippen molar-refractivity contribution < 1.29 is 13.6 Å². The van der Waals surface area contributed by atoms with Gasteiger partial charge in [-0.2, -0.15) is 0 Å². The van der Waals surface area contributed by atoms with Crippen molar-refractivity contribution >= 4 is 49.4 Å². The van der Waals surface area contributed by atoms with Crippen LogP contribution in [0, 0.1) is 0 Å². The molecule has 2 N–H and O–H groups in total. The molecule has 0 radical (unpaired) electrons. The molecular formula is C15H8BrN3O4S. The second kappa shape index (κ2) is 5.77. The van der Waals surface area contributed by atoms with Crippen molar-refractivity contribution in [2.45, 2.75) is 0 Å². The van der Waals surface area contributed by atoms with Crippen LogP contribution >= 0.6 is 27.3 Å². The van der Waals surface area contributed by atoms with Gasteiger partial charge in [-0.25, -0.2) is 9.78 Å². The van der Waals surface area contributed by atoms with E-state index in [1.807, 2.05) is 5.38 Å². The van der Waals surface area contributed by atoms with Crippen LogP contribution in [0.5, 0.6) is 0 Å². The molecule has 0 aliphatic carbocycles. The van der Waals surface area contributed by atoms with Crippen LogP contribution in [0.4, 0.5) is 5.13 Å². The summed E-state index contributed by atoms with van der Waals surface area (Å²) in [6.45, 7) is 0. The lowest BCUT2D eigenvalue weighted by Gasteiger charge is -1.98. The molecule has 4 aromatic rings. The van der Waals surface area contributed by atoms with E-state index in [4.69, 9.17) is 8.83 Å². The van der Waals surface area contributed by atoms with Crippen LogP contribution in [0.1, 0.15) is 10.6 Å². The summed E-state index contributed by atoms with van der Waals surface area (Å²) in [5.74, 6) is -0.690. The fourth-order valence-electron chi connectivity index (χ4n) is 2.17. The zero-order chi connectivity index (χ0) is 16.7. The van der Waals surface area contributed by atoms with E-state index >= 15 is 0 Å². The summed E-state index contributed by atoms with van der Waals surface area (Å²) < 4.78 is 10.6. The molecule has 0 aliphatic rings. The van der Waals surface area contributed by atoms with Gasteiger partial charge in [-0.3, -0.25) is 15.1 Å². The first-order valence-corrected chi connectivity index (χ1v) is 8.41. The van der Waals surface area contributed by atoms with Crippen molar-refractivity contribution in [2.24, 2.45) is 0 Å². The Kier molecular flexibility index (Phi) is 3.58. The quantitative estimate of drug-likeness (QED) is 0.538. The molecule has 4 rings (SSSR count). The highest BCUT2D eigenvalue weighted by Crippen LogP contribution is 2.27. The Balaban J connectivity index is 1.59. The van der Waals surface area contributed by atoms with Gasteiger partial charge in [0.15, 0.2) is 21.1 Å². The average molecular weight is 406 g/mol. The second-order valence-electron chi connectivity index (χ2n) is 4.82. The van der Waals surface area contributed by atoms with Gasteiger partial charge >= 0.3 is 5.76 Å². The molecule has 0 bridgehead atoms. The first kappa shape index (κ1) is 14.9. The Morgan fingerprint density at radius 2 is 2.12 bits per heavy atom. The Bertz CT molecular complexity index is 1110. The van der Waals surface area contributed by atoms with E-state index in [0.717, 1.165) is 5.56 Å². The number of aromatic nitrogens is 2. The van der Waals surface area contributed by atoms with Crippen LogP contribution in [-0.4, -0.2) is 15.9 Å². The van der Waals surface area contributed by atoms with E-state index < -0.39 is 5.76 Å². The predicted octanol–water partition coefficient (Wildman–Crippen LogP) is 3.85. The molecule has 0 saturated carbocycles. The topological polar surface area (TPSA) is 101 Å². The third-order valence-electron chi connectivity index (χ3n) is 3.24. The van der Waals surface area contributed by atoms with Crippen LogP contribution in [0.2, 0.25) is 0 Å².